The van der Waals surface area contributed by atoms with Crippen LogP contribution in [0.3, 0.4) is 0 Å². The Bertz CT molecular complexity index is 474. The van der Waals surface area contributed by atoms with Crippen LogP contribution in [-0.4, -0.2) is 22.6 Å². The first-order valence-corrected chi connectivity index (χ1v) is 5.19. The summed E-state index contributed by atoms with van der Waals surface area (Å²) >= 11 is 0. The Morgan fingerprint density at radius 3 is 2.44 bits per heavy atom. The number of rotatable bonds is 3. The maximum atomic E-state index is 9.47. The van der Waals surface area contributed by atoms with Crippen LogP contribution in [0.2, 0.25) is 0 Å². The predicted octanol–water partition coefficient (Wildman–Crippen LogP) is 1.92. The zero-order valence-electron chi connectivity index (χ0n) is 9.00. The summed E-state index contributed by atoms with van der Waals surface area (Å²) in [7, 11) is 0. The summed E-state index contributed by atoms with van der Waals surface area (Å²) in [5.74, 6) is 0.575. The fraction of sp³-hybridized carbons (Fsp3) is 0.231. The smallest absolute Gasteiger partial charge is 0.223 e. The topological polar surface area (TPSA) is 49.7 Å². The van der Waals surface area contributed by atoms with E-state index in [0.717, 1.165) is 10.8 Å². The lowest BCUT2D eigenvalue weighted by Gasteiger charge is -2.17. The van der Waals surface area contributed by atoms with Crippen LogP contribution >= 0.6 is 0 Å². The fourth-order valence-electron chi connectivity index (χ4n) is 1.53. The second-order valence-corrected chi connectivity index (χ2v) is 3.73. The summed E-state index contributed by atoms with van der Waals surface area (Å²) in [4.78, 5) is 0. The summed E-state index contributed by atoms with van der Waals surface area (Å²) in [6.45, 7) is 1.48. The van der Waals surface area contributed by atoms with Gasteiger partial charge in [0.05, 0.1) is 0 Å². The number of benzene rings is 2. The molecule has 2 unspecified atom stereocenters. The quantitative estimate of drug-likeness (QED) is 0.774. The van der Waals surface area contributed by atoms with E-state index in [2.05, 4.69) is 0 Å². The Labute approximate surface area is 93.9 Å². The van der Waals surface area contributed by atoms with Gasteiger partial charge >= 0.3 is 0 Å². The van der Waals surface area contributed by atoms with Gasteiger partial charge in [0.25, 0.3) is 0 Å². The molecule has 0 saturated carbocycles. The van der Waals surface area contributed by atoms with Gasteiger partial charge in [0.15, 0.2) is 0 Å². The van der Waals surface area contributed by atoms with Gasteiger partial charge in [-0.25, -0.2) is 0 Å². The number of fused-ring (bicyclic) bond motifs is 1. The molecule has 3 heteroatoms. The van der Waals surface area contributed by atoms with Gasteiger partial charge in [0, 0.05) is 5.39 Å². The lowest BCUT2D eigenvalue weighted by atomic mass is 10.1. The molecule has 0 aliphatic rings. The Hall–Kier alpha value is -1.58. The number of aliphatic hydroxyl groups is 2. The first-order valence-electron chi connectivity index (χ1n) is 5.19. The highest BCUT2D eigenvalue weighted by atomic mass is 16.6. The molecule has 0 aliphatic heterocycles. The summed E-state index contributed by atoms with van der Waals surface area (Å²) in [6.07, 6.45) is -2.12. The SMILES string of the molecule is CC(O)C(O)Oc1cccc2ccccc12. The zero-order chi connectivity index (χ0) is 11.5. The van der Waals surface area contributed by atoms with Gasteiger partial charge in [0.1, 0.15) is 11.9 Å². The molecule has 0 spiro atoms. The van der Waals surface area contributed by atoms with E-state index in [1.54, 1.807) is 6.07 Å². The Kier molecular flexibility index (Phi) is 3.08. The van der Waals surface area contributed by atoms with Crippen molar-refractivity contribution in [2.45, 2.75) is 19.3 Å². The molecule has 2 N–H and O–H groups in total. The minimum Gasteiger partial charge on any atom is -0.462 e. The molecule has 84 valence electrons. The predicted molar refractivity (Wildman–Crippen MR) is 62.3 cm³/mol. The molecular weight excluding hydrogens is 204 g/mol. The maximum absolute atomic E-state index is 9.47. The fourth-order valence-corrected chi connectivity index (χ4v) is 1.53. The van der Waals surface area contributed by atoms with Gasteiger partial charge in [-0.3, -0.25) is 0 Å². The first kappa shape index (κ1) is 10.9. The highest BCUT2D eigenvalue weighted by molar-refractivity contribution is 5.88. The molecule has 2 aromatic rings. The van der Waals surface area contributed by atoms with Gasteiger partial charge < -0.3 is 14.9 Å². The molecule has 0 amide bonds. The standard InChI is InChI=1S/C13H14O3/c1-9(14)13(15)16-12-8-4-6-10-5-2-3-7-11(10)12/h2-9,13-15H,1H3. The Balaban J connectivity index is 2.37. The first-order chi connectivity index (χ1) is 7.68. The van der Waals surface area contributed by atoms with E-state index < -0.39 is 12.4 Å². The van der Waals surface area contributed by atoms with Crippen LogP contribution in [0.25, 0.3) is 10.8 Å². The number of aliphatic hydroxyl groups excluding tert-OH is 2. The summed E-state index contributed by atoms with van der Waals surface area (Å²) in [5.41, 5.74) is 0. The van der Waals surface area contributed by atoms with Gasteiger partial charge in [-0.2, -0.15) is 0 Å². The van der Waals surface area contributed by atoms with Crippen molar-refractivity contribution in [1.82, 2.24) is 0 Å². The molecule has 2 rings (SSSR count). The van der Waals surface area contributed by atoms with E-state index in [0.29, 0.717) is 5.75 Å². The van der Waals surface area contributed by atoms with E-state index in [1.807, 2.05) is 36.4 Å². The normalized spacial score (nSPS) is 14.7. The highest BCUT2D eigenvalue weighted by Crippen LogP contribution is 2.26. The van der Waals surface area contributed by atoms with Crippen molar-refractivity contribution < 1.29 is 14.9 Å². The summed E-state index contributed by atoms with van der Waals surface area (Å²) < 4.78 is 5.29. The second kappa shape index (κ2) is 4.51. The molecule has 0 saturated heterocycles. The molecular formula is C13H14O3. The summed E-state index contributed by atoms with van der Waals surface area (Å²) in [5, 5.41) is 20.6. The Morgan fingerprint density at radius 1 is 1.00 bits per heavy atom. The van der Waals surface area contributed by atoms with E-state index in [9.17, 15) is 10.2 Å². The zero-order valence-corrected chi connectivity index (χ0v) is 9.00. The monoisotopic (exact) mass is 218 g/mol. The molecule has 0 fully saturated rings. The number of hydrogen-bond donors (Lipinski definition) is 2. The molecule has 3 nitrogen and oxygen atoms in total. The molecule has 16 heavy (non-hydrogen) atoms. The van der Waals surface area contributed by atoms with Crippen molar-refractivity contribution in [1.29, 1.82) is 0 Å². The molecule has 0 radical (unpaired) electrons. The number of ether oxygens (including phenoxy) is 1. The third-order valence-corrected chi connectivity index (χ3v) is 2.41. The van der Waals surface area contributed by atoms with Crippen LogP contribution in [-0.2, 0) is 0 Å². The van der Waals surface area contributed by atoms with Crippen molar-refractivity contribution in [3.63, 3.8) is 0 Å². The minimum absolute atomic E-state index is 0.575. The third kappa shape index (κ3) is 2.15. The van der Waals surface area contributed by atoms with Crippen LogP contribution in [0.4, 0.5) is 0 Å². The van der Waals surface area contributed by atoms with Crippen LogP contribution in [0, 0.1) is 0 Å². The Morgan fingerprint density at radius 2 is 1.69 bits per heavy atom. The third-order valence-electron chi connectivity index (χ3n) is 2.41. The highest BCUT2D eigenvalue weighted by Gasteiger charge is 2.13. The lowest BCUT2D eigenvalue weighted by Crippen LogP contribution is -2.28. The van der Waals surface area contributed by atoms with E-state index in [4.69, 9.17) is 4.74 Å². The average molecular weight is 218 g/mol. The van der Waals surface area contributed by atoms with Gasteiger partial charge in [0.2, 0.25) is 6.29 Å². The molecule has 0 heterocycles. The number of hydrogen-bond acceptors (Lipinski definition) is 3. The van der Waals surface area contributed by atoms with Crippen LogP contribution in [0.5, 0.6) is 5.75 Å². The second-order valence-electron chi connectivity index (χ2n) is 3.73. The van der Waals surface area contributed by atoms with Gasteiger partial charge in [-0.05, 0) is 18.4 Å². The van der Waals surface area contributed by atoms with Crippen molar-refractivity contribution in [2.75, 3.05) is 0 Å². The average Bonchev–Trinajstić information content (AvgIpc) is 2.29. The summed E-state index contributed by atoms with van der Waals surface area (Å²) in [6, 6.07) is 13.3. The van der Waals surface area contributed by atoms with Crippen LogP contribution in [0.1, 0.15) is 6.92 Å². The van der Waals surface area contributed by atoms with Crippen molar-refractivity contribution >= 4 is 10.8 Å². The van der Waals surface area contributed by atoms with Crippen molar-refractivity contribution in [3.05, 3.63) is 42.5 Å². The largest absolute Gasteiger partial charge is 0.462 e. The van der Waals surface area contributed by atoms with Crippen LogP contribution in [0.15, 0.2) is 42.5 Å². The maximum Gasteiger partial charge on any atom is 0.223 e. The molecule has 2 atom stereocenters. The van der Waals surface area contributed by atoms with Crippen molar-refractivity contribution in [3.8, 4) is 5.75 Å². The van der Waals surface area contributed by atoms with E-state index >= 15 is 0 Å². The van der Waals surface area contributed by atoms with Gasteiger partial charge in [-0.1, -0.05) is 36.4 Å². The van der Waals surface area contributed by atoms with E-state index in [1.165, 1.54) is 6.92 Å². The molecule has 0 aromatic heterocycles. The molecule has 2 aromatic carbocycles. The lowest BCUT2D eigenvalue weighted by molar-refractivity contribution is -0.0951. The van der Waals surface area contributed by atoms with Gasteiger partial charge in [-0.15, -0.1) is 0 Å². The minimum atomic E-state index is -1.20. The molecule has 0 bridgehead atoms. The van der Waals surface area contributed by atoms with E-state index in [-0.39, 0.29) is 0 Å². The van der Waals surface area contributed by atoms with Crippen LogP contribution < -0.4 is 4.74 Å². The van der Waals surface area contributed by atoms with Crippen molar-refractivity contribution in [2.24, 2.45) is 0 Å². The molecule has 0 aliphatic carbocycles.